The minimum absolute atomic E-state index is 0.0560. The van der Waals surface area contributed by atoms with Crippen LogP contribution in [0.4, 0.5) is 5.69 Å². The summed E-state index contributed by atoms with van der Waals surface area (Å²) in [7, 11) is 0. The molecule has 7 atom stereocenters. The first-order valence-corrected chi connectivity index (χ1v) is 22.2. The van der Waals surface area contributed by atoms with Crippen LogP contribution >= 0.6 is 11.8 Å². The maximum Gasteiger partial charge on any atom is 0.273 e. The third-order valence-corrected chi connectivity index (χ3v) is 13.6. The molecule has 11 nitrogen and oxygen atoms in total. The molecule has 1 saturated carbocycles. The van der Waals surface area contributed by atoms with Crippen molar-refractivity contribution >= 4 is 33.9 Å². The number of aliphatic hydroxyl groups excluding tert-OH is 2. The maximum atomic E-state index is 11.6. The summed E-state index contributed by atoms with van der Waals surface area (Å²) in [6.07, 6.45) is 11.7. The molecule has 0 radical (unpaired) electrons. The van der Waals surface area contributed by atoms with Gasteiger partial charge >= 0.3 is 0 Å². The Labute approximate surface area is 355 Å². The number of benzene rings is 4. The average molecular weight is 835 g/mol. The zero-order chi connectivity index (χ0) is 41.5. The molecule has 0 aromatic heterocycles. The van der Waals surface area contributed by atoms with Crippen molar-refractivity contribution in [2.24, 2.45) is 22.9 Å². The van der Waals surface area contributed by atoms with Crippen LogP contribution in [0.25, 0.3) is 10.8 Å². The first kappa shape index (κ1) is 42.0. The van der Waals surface area contributed by atoms with E-state index in [2.05, 4.69) is 49.1 Å². The molecule has 2 heterocycles. The first-order chi connectivity index (χ1) is 29.4. The second-order valence-electron chi connectivity index (χ2n) is 16.1. The lowest BCUT2D eigenvalue weighted by molar-refractivity contribution is -0.384. The maximum absolute atomic E-state index is 11.6. The molecule has 8 rings (SSSR count). The quantitative estimate of drug-likeness (QED) is 0.0430. The molecule has 0 spiro atoms. The molecule has 60 heavy (non-hydrogen) atoms. The number of rotatable bonds is 18. The Hall–Kier alpha value is -4.72. The molecule has 2 fully saturated rings. The third-order valence-electron chi connectivity index (χ3n) is 12.3. The number of hydrogen-bond acceptors (Lipinski definition) is 11. The van der Waals surface area contributed by atoms with E-state index in [1.54, 1.807) is 30.0 Å². The largest absolute Gasteiger partial charge is 0.460 e. The Morgan fingerprint density at radius 3 is 2.53 bits per heavy atom. The normalized spacial score (nSPS) is 26.4. The van der Waals surface area contributed by atoms with Gasteiger partial charge < -0.3 is 34.0 Å². The van der Waals surface area contributed by atoms with E-state index < -0.39 is 17.0 Å². The fraction of sp³-hybridized carbons (Fsp3) is 0.438. The van der Waals surface area contributed by atoms with Crippen molar-refractivity contribution in [3.05, 3.63) is 125 Å². The van der Waals surface area contributed by atoms with E-state index in [1.165, 1.54) is 12.1 Å². The van der Waals surface area contributed by atoms with Crippen molar-refractivity contribution < 1.29 is 38.9 Å². The summed E-state index contributed by atoms with van der Waals surface area (Å²) in [4.78, 5) is 18.6. The molecular weight excluding hydrogens is 781 g/mol. The summed E-state index contributed by atoms with van der Waals surface area (Å²) in [5, 5.41) is 38.5. The monoisotopic (exact) mass is 834 g/mol. The molecule has 4 aromatic carbocycles. The molecule has 0 amide bonds. The molecule has 2 N–H and O–H groups in total. The van der Waals surface area contributed by atoms with E-state index in [9.17, 15) is 20.3 Å². The number of nitro benzene ring substituents is 1. The number of nitrogens with zero attached hydrogens (tertiary/aromatic N) is 2. The van der Waals surface area contributed by atoms with Gasteiger partial charge in [0.15, 0.2) is 0 Å². The summed E-state index contributed by atoms with van der Waals surface area (Å²) in [6.45, 7) is 5.17. The van der Waals surface area contributed by atoms with Crippen LogP contribution in [0, 0.1) is 27.9 Å². The number of nitro groups is 1. The van der Waals surface area contributed by atoms with Gasteiger partial charge in [-0.25, -0.2) is 0 Å². The molecule has 4 aliphatic rings. The fourth-order valence-electron chi connectivity index (χ4n) is 9.61. The van der Waals surface area contributed by atoms with Gasteiger partial charge in [-0.2, -0.15) is 0 Å². The molecule has 2 aliphatic heterocycles. The number of non-ortho nitro benzene ring substituents is 1. The van der Waals surface area contributed by atoms with E-state index in [1.807, 2.05) is 24.3 Å². The van der Waals surface area contributed by atoms with Gasteiger partial charge in [-0.3, -0.25) is 10.1 Å². The van der Waals surface area contributed by atoms with Crippen LogP contribution in [0.1, 0.15) is 75.7 Å². The average Bonchev–Trinajstić information content (AvgIpc) is 3.27. The summed E-state index contributed by atoms with van der Waals surface area (Å²) in [6, 6.07) is 26.9. The van der Waals surface area contributed by atoms with Crippen LogP contribution in [0.3, 0.4) is 0 Å². The molecule has 12 heteroatoms. The summed E-state index contributed by atoms with van der Waals surface area (Å²) in [5.41, 5.74) is 2.77. The minimum Gasteiger partial charge on any atom is -0.460 e. The number of fused-ring (bicyclic) bond motifs is 3. The molecule has 1 saturated heterocycles. The van der Waals surface area contributed by atoms with Gasteiger partial charge in [-0.15, -0.1) is 18.3 Å². The van der Waals surface area contributed by atoms with E-state index >= 15 is 0 Å². The van der Waals surface area contributed by atoms with Crippen LogP contribution in [0.5, 0.6) is 17.2 Å². The third kappa shape index (κ3) is 8.99. The second kappa shape index (κ2) is 19.3. The zero-order valence-corrected chi connectivity index (χ0v) is 34.7. The predicted octanol–water partition coefficient (Wildman–Crippen LogP) is 10.5. The van der Waals surface area contributed by atoms with Crippen LogP contribution in [-0.4, -0.2) is 64.6 Å². The molecular formula is C48H54N2O9S. The predicted molar refractivity (Wildman–Crippen MR) is 233 cm³/mol. The van der Waals surface area contributed by atoms with E-state index in [0.29, 0.717) is 43.1 Å². The van der Waals surface area contributed by atoms with Crippen LogP contribution in [-0.2, 0) is 14.3 Å². The lowest BCUT2D eigenvalue weighted by Gasteiger charge is -2.58. The van der Waals surface area contributed by atoms with Gasteiger partial charge in [0.05, 0.1) is 41.1 Å². The van der Waals surface area contributed by atoms with Crippen molar-refractivity contribution in [2.45, 2.75) is 92.3 Å². The second-order valence-corrected chi connectivity index (χ2v) is 17.4. The number of ether oxygens (including phenoxy) is 4. The molecule has 2 aliphatic carbocycles. The zero-order valence-electron chi connectivity index (χ0n) is 33.9. The number of allylic oxidation sites excluding steroid dienone is 1. The van der Waals surface area contributed by atoms with Gasteiger partial charge in [0.25, 0.3) is 5.69 Å². The lowest BCUT2D eigenvalue weighted by Crippen LogP contribution is -2.64. The standard InChI is InChI=1S/C48H54N2O9S/c1-2-25-56-48-44(60-38-21-19-32-12-3-4-13-33(32)27-38)31-42(49-59-45-18-7-10-26-55-45)40-28-34(14-5-8-23-51)39(17-6-9-24-52)46(47(40)48)41-30-37(20-22-43(41)58-48)57-36-16-11-15-35(29-36)50(53)54/h2-4,11-13,15-16,19-22,27-30,34,39,44-47,51-52H,1,5-10,14,17-18,23-26,31H2. The summed E-state index contributed by atoms with van der Waals surface area (Å²) < 4.78 is 26.8. The highest BCUT2D eigenvalue weighted by molar-refractivity contribution is 8.00. The number of unbranched alkanes of at least 4 members (excludes halogenated alkanes) is 2. The Morgan fingerprint density at radius 2 is 1.75 bits per heavy atom. The van der Waals surface area contributed by atoms with Crippen molar-refractivity contribution in [1.29, 1.82) is 0 Å². The van der Waals surface area contributed by atoms with E-state index in [4.69, 9.17) is 28.9 Å². The highest BCUT2D eigenvalue weighted by atomic mass is 32.2. The topological polar surface area (TPSA) is 142 Å². The van der Waals surface area contributed by atoms with Crippen molar-refractivity contribution in [1.82, 2.24) is 0 Å². The first-order valence-electron chi connectivity index (χ1n) is 21.3. The highest BCUT2D eigenvalue weighted by Gasteiger charge is 2.64. The number of aliphatic hydroxyl groups is 2. The summed E-state index contributed by atoms with van der Waals surface area (Å²) >= 11 is 1.72. The smallest absolute Gasteiger partial charge is 0.273 e. The van der Waals surface area contributed by atoms with Crippen LogP contribution in [0.2, 0.25) is 0 Å². The Balaban J connectivity index is 1.30. The molecule has 0 bridgehead atoms. The van der Waals surface area contributed by atoms with Gasteiger partial charge in [-0.05, 0) is 103 Å². The number of oxime groups is 1. The van der Waals surface area contributed by atoms with Crippen LogP contribution < -0.4 is 9.47 Å². The van der Waals surface area contributed by atoms with Crippen molar-refractivity contribution in [3.63, 3.8) is 0 Å². The highest BCUT2D eigenvalue weighted by Crippen LogP contribution is 2.63. The Morgan fingerprint density at radius 1 is 0.933 bits per heavy atom. The van der Waals surface area contributed by atoms with Crippen molar-refractivity contribution in [2.75, 3.05) is 26.4 Å². The van der Waals surface area contributed by atoms with Gasteiger partial charge in [0.1, 0.15) is 17.2 Å². The van der Waals surface area contributed by atoms with Gasteiger partial charge in [0, 0.05) is 48.5 Å². The minimum atomic E-state index is -1.16. The fourth-order valence-corrected chi connectivity index (χ4v) is 10.9. The molecule has 4 aromatic rings. The van der Waals surface area contributed by atoms with Crippen LogP contribution in [0.15, 0.2) is 119 Å². The molecule has 316 valence electrons. The van der Waals surface area contributed by atoms with E-state index in [-0.39, 0.29) is 54.4 Å². The SMILES string of the molecule is C=CCOC12Oc3ccc(Oc4cccc([N+](=O)[O-])c4)cc3C3C(CCCCO)C(CCCCO)C=C(C(=NOC4CCCCO4)CC1Sc1ccc4ccccc4c1)C32. The van der Waals surface area contributed by atoms with Gasteiger partial charge in [0.2, 0.25) is 12.1 Å². The number of hydrogen-bond donors (Lipinski definition) is 2. The number of thioether (sulfide) groups is 1. The van der Waals surface area contributed by atoms with Gasteiger partial charge in [-0.1, -0.05) is 66.5 Å². The Kier molecular flexibility index (Phi) is 13.5. The van der Waals surface area contributed by atoms with Crippen molar-refractivity contribution in [3.8, 4) is 17.2 Å². The summed E-state index contributed by atoms with van der Waals surface area (Å²) in [5.74, 6) is 0.123. The molecule has 7 unspecified atom stereocenters. The Bertz CT molecular complexity index is 2210. The van der Waals surface area contributed by atoms with E-state index in [0.717, 1.165) is 77.5 Å². The lowest BCUT2D eigenvalue weighted by atomic mass is 9.56.